The SMILES string of the molecule is CCCCc1cccc2c1C(C(=O)O)c1ccccc1-2.[NH-]CC(F)(F)F. The van der Waals surface area contributed by atoms with Gasteiger partial charge in [-0.05, 0) is 40.7 Å². The van der Waals surface area contributed by atoms with Crippen molar-refractivity contribution in [1.29, 1.82) is 0 Å². The summed E-state index contributed by atoms with van der Waals surface area (Å²) in [7, 11) is 0. The molecule has 0 saturated carbocycles. The van der Waals surface area contributed by atoms with Gasteiger partial charge in [-0.15, -0.1) is 0 Å². The number of hydrogen-bond donors (Lipinski definition) is 1. The zero-order chi connectivity index (χ0) is 19.3. The van der Waals surface area contributed by atoms with E-state index in [1.54, 1.807) is 0 Å². The average Bonchev–Trinajstić information content (AvgIpc) is 2.95. The van der Waals surface area contributed by atoms with E-state index in [1.165, 1.54) is 5.56 Å². The Bertz CT molecular complexity index is 772. The Morgan fingerprint density at radius 1 is 1.12 bits per heavy atom. The molecule has 2 aromatic carbocycles. The number of nitrogens with one attached hydrogen (secondary N) is 1. The topological polar surface area (TPSA) is 61.1 Å². The highest BCUT2D eigenvalue weighted by Gasteiger charge is 2.35. The summed E-state index contributed by atoms with van der Waals surface area (Å²) in [6.07, 6.45) is -1.12. The van der Waals surface area contributed by atoms with Crippen molar-refractivity contribution in [3.8, 4) is 11.1 Å². The van der Waals surface area contributed by atoms with E-state index in [4.69, 9.17) is 5.73 Å². The van der Waals surface area contributed by atoms with Gasteiger partial charge in [0.2, 0.25) is 0 Å². The number of aliphatic carboxylic acids is 1. The molecule has 1 aliphatic rings. The van der Waals surface area contributed by atoms with E-state index in [1.807, 2.05) is 36.4 Å². The van der Waals surface area contributed by atoms with Gasteiger partial charge in [0.1, 0.15) is 5.92 Å². The Hall–Kier alpha value is -2.34. The van der Waals surface area contributed by atoms with Crippen LogP contribution in [0, 0.1) is 0 Å². The summed E-state index contributed by atoms with van der Waals surface area (Å²) in [4.78, 5) is 11.8. The van der Waals surface area contributed by atoms with Crippen LogP contribution in [0.5, 0.6) is 0 Å². The second kappa shape index (κ2) is 8.36. The molecule has 0 radical (unpaired) electrons. The molecule has 0 fully saturated rings. The number of halogens is 3. The summed E-state index contributed by atoms with van der Waals surface area (Å²) in [5.41, 5.74) is 11.0. The zero-order valence-corrected chi connectivity index (χ0v) is 14.4. The zero-order valence-electron chi connectivity index (χ0n) is 14.4. The van der Waals surface area contributed by atoms with Gasteiger partial charge in [-0.3, -0.25) is 4.79 Å². The Balaban J connectivity index is 0.000000352. The van der Waals surface area contributed by atoms with Crippen molar-refractivity contribution in [2.24, 2.45) is 0 Å². The fraction of sp³-hybridized carbons (Fsp3) is 0.350. The van der Waals surface area contributed by atoms with Crippen LogP contribution in [0.4, 0.5) is 13.2 Å². The molecule has 1 aliphatic carbocycles. The van der Waals surface area contributed by atoms with Crippen LogP contribution in [0.25, 0.3) is 16.9 Å². The number of hydrogen-bond acceptors (Lipinski definition) is 1. The standard InChI is InChI=1S/C18H18O2.C2H3F3N/c1-2-3-7-12-8-6-11-14-13-9-4-5-10-15(13)17(16(12)14)18(19)20;3-2(4,5)1-6/h4-6,8-11,17H,2-3,7H2,1H3,(H,19,20);6H,1H2/q;-1. The second-order valence-corrected chi connectivity index (χ2v) is 6.13. The van der Waals surface area contributed by atoms with Gasteiger partial charge in [0.25, 0.3) is 0 Å². The highest BCUT2D eigenvalue weighted by atomic mass is 19.4. The first-order valence-corrected chi connectivity index (χ1v) is 8.45. The molecule has 3 nitrogen and oxygen atoms in total. The van der Waals surface area contributed by atoms with Crippen molar-refractivity contribution >= 4 is 5.97 Å². The Kier molecular flexibility index (Phi) is 6.42. The second-order valence-electron chi connectivity index (χ2n) is 6.13. The van der Waals surface area contributed by atoms with Gasteiger partial charge in [0.05, 0.1) is 0 Å². The number of rotatable bonds is 4. The van der Waals surface area contributed by atoms with Crippen LogP contribution in [-0.4, -0.2) is 23.8 Å². The predicted molar refractivity (Wildman–Crippen MR) is 95.2 cm³/mol. The predicted octanol–water partition coefficient (Wildman–Crippen LogP) is 5.83. The molecule has 6 heteroatoms. The van der Waals surface area contributed by atoms with Crippen molar-refractivity contribution < 1.29 is 23.1 Å². The van der Waals surface area contributed by atoms with E-state index < -0.39 is 24.6 Å². The molecule has 3 rings (SSSR count). The van der Waals surface area contributed by atoms with Crippen LogP contribution in [0.15, 0.2) is 42.5 Å². The lowest BCUT2D eigenvalue weighted by Crippen LogP contribution is -2.12. The van der Waals surface area contributed by atoms with E-state index in [9.17, 15) is 23.1 Å². The largest absolute Gasteiger partial charge is 0.670 e. The summed E-state index contributed by atoms with van der Waals surface area (Å²) in [6.45, 7) is 0.680. The van der Waals surface area contributed by atoms with E-state index in [0.717, 1.165) is 41.5 Å². The van der Waals surface area contributed by atoms with Crippen LogP contribution < -0.4 is 0 Å². The molecule has 0 aliphatic heterocycles. The van der Waals surface area contributed by atoms with Crippen molar-refractivity contribution in [2.45, 2.75) is 38.3 Å². The molecule has 0 saturated heterocycles. The fourth-order valence-corrected chi connectivity index (χ4v) is 3.18. The molecule has 140 valence electrons. The molecule has 1 atom stereocenters. The summed E-state index contributed by atoms with van der Waals surface area (Å²) < 4.78 is 31.8. The molecule has 26 heavy (non-hydrogen) atoms. The summed E-state index contributed by atoms with van der Waals surface area (Å²) >= 11 is 0. The number of carbonyl (C=O) groups is 1. The fourth-order valence-electron chi connectivity index (χ4n) is 3.18. The lowest BCUT2D eigenvalue weighted by atomic mass is 9.91. The highest BCUT2D eigenvalue weighted by molar-refractivity contribution is 5.93. The third-order valence-corrected chi connectivity index (χ3v) is 4.29. The highest BCUT2D eigenvalue weighted by Crippen LogP contribution is 2.46. The minimum Gasteiger partial charge on any atom is -0.670 e. The maximum atomic E-state index is 11.8. The van der Waals surface area contributed by atoms with Crippen molar-refractivity contribution in [3.05, 3.63) is 64.9 Å². The first-order valence-electron chi connectivity index (χ1n) is 8.45. The van der Waals surface area contributed by atoms with Crippen LogP contribution in [0.3, 0.4) is 0 Å². The van der Waals surface area contributed by atoms with Gasteiger partial charge >= 0.3 is 12.1 Å². The molecule has 1 unspecified atom stereocenters. The van der Waals surface area contributed by atoms with Crippen molar-refractivity contribution in [1.82, 2.24) is 0 Å². The normalized spacial score (nSPS) is 14.9. The van der Waals surface area contributed by atoms with Gasteiger partial charge in [0.15, 0.2) is 0 Å². The Morgan fingerprint density at radius 3 is 2.31 bits per heavy atom. The van der Waals surface area contributed by atoms with Gasteiger partial charge in [-0.1, -0.05) is 62.4 Å². The Labute approximate surface area is 150 Å². The third-order valence-electron chi connectivity index (χ3n) is 4.29. The van der Waals surface area contributed by atoms with Crippen molar-refractivity contribution in [2.75, 3.05) is 6.54 Å². The van der Waals surface area contributed by atoms with E-state index in [2.05, 4.69) is 13.0 Å². The van der Waals surface area contributed by atoms with Gasteiger partial charge in [-0.2, -0.15) is 13.2 Å². The maximum absolute atomic E-state index is 11.8. The number of carboxylic acids is 1. The van der Waals surface area contributed by atoms with Crippen LogP contribution >= 0.6 is 0 Å². The lowest BCUT2D eigenvalue weighted by Gasteiger charge is -2.13. The van der Waals surface area contributed by atoms with E-state index in [-0.39, 0.29) is 0 Å². The molecular formula is C20H21F3NO2-. The third kappa shape index (κ3) is 4.43. The summed E-state index contributed by atoms with van der Waals surface area (Å²) in [6, 6.07) is 14.0. The van der Waals surface area contributed by atoms with E-state index in [0.29, 0.717) is 0 Å². The van der Waals surface area contributed by atoms with Crippen LogP contribution in [0.1, 0.15) is 42.4 Å². The number of unbranched alkanes of at least 4 members (excludes halogenated alkanes) is 1. The molecule has 0 spiro atoms. The monoisotopic (exact) mass is 364 g/mol. The first-order chi connectivity index (χ1) is 12.3. The average molecular weight is 364 g/mol. The number of carboxylic acid groups (broad SMARTS) is 1. The first kappa shape index (κ1) is 20.0. The number of benzene rings is 2. The van der Waals surface area contributed by atoms with Crippen molar-refractivity contribution in [3.63, 3.8) is 0 Å². The molecule has 2 N–H and O–H groups in total. The summed E-state index contributed by atoms with van der Waals surface area (Å²) in [5.74, 6) is -1.26. The number of fused-ring (bicyclic) bond motifs is 3. The Morgan fingerprint density at radius 2 is 1.73 bits per heavy atom. The summed E-state index contributed by atoms with van der Waals surface area (Å²) in [5, 5.41) is 9.66. The van der Waals surface area contributed by atoms with Gasteiger partial charge < -0.3 is 10.8 Å². The minimum absolute atomic E-state index is 0.505. The molecule has 0 bridgehead atoms. The molecule has 0 amide bonds. The van der Waals surface area contributed by atoms with Crippen LogP contribution in [0.2, 0.25) is 0 Å². The van der Waals surface area contributed by atoms with Gasteiger partial charge in [0, 0.05) is 0 Å². The number of aryl methyl sites for hydroxylation is 1. The maximum Gasteiger partial charge on any atom is 0.370 e. The van der Waals surface area contributed by atoms with E-state index >= 15 is 0 Å². The minimum atomic E-state index is -4.29. The van der Waals surface area contributed by atoms with Crippen LogP contribution in [-0.2, 0) is 11.2 Å². The molecule has 0 aromatic heterocycles. The van der Waals surface area contributed by atoms with Gasteiger partial charge in [-0.25, -0.2) is 0 Å². The quantitative estimate of drug-likeness (QED) is 0.742. The smallest absolute Gasteiger partial charge is 0.370 e. The number of alkyl halides is 3. The molecular weight excluding hydrogens is 343 g/mol. The molecule has 0 heterocycles. The lowest BCUT2D eigenvalue weighted by molar-refractivity contribution is -0.137. The molecule has 2 aromatic rings.